The van der Waals surface area contributed by atoms with Gasteiger partial charge in [0.15, 0.2) is 0 Å². The van der Waals surface area contributed by atoms with Crippen molar-refractivity contribution < 1.29 is 0 Å². The van der Waals surface area contributed by atoms with E-state index in [2.05, 4.69) is 231 Å². The Morgan fingerprint density at radius 3 is 1.57 bits per heavy atom. The minimum Gasteiger partial charge on any atom is -0.309 e. The van der Waals surface area contributed by atoms with Crippen LogP contribution in [0, 0.1) is 0 Å². The third-order valence-electron chi connectivity index (χ3n) is 11.7. The van der Waals surface area contributed by atoms with Crippen molar-refractivity contribution in [2.24, 2.45) is 0 Å². The SMILES string of the molecule is CC1(C)c2ccccc2-c2ccc(-c3c(-c4ccccc4)cccc3N(c3ccc(-c4ccccc4-c4ccccc4)cc3)c3cccc4ccccc34)cc21. The third kappa shape index (κ3) is 5.63. The first-order chi connectivity index (χ1) is 27.6. The van der Waals surface area contributed by atoms with Gasteiger partial charge in [0, 0.05) is 22.1 Å². The molecule has 0 heterocycles. The Bertz CT molecular complexity index is 2860. The van der Waals surface area contributed by atoms with E-state index in [9.17, 15) is 0 Å². The Balaban J connectivity index is 1.21. The molecule has 0 spiro atoms. The Labute approximate surface area is 329 Å². The van der Waals surface area contributed by atoms with Crippen LogP contribution in [0.1, 0.15) is 25.0 Å². The zero-order valence-electron chi connectivity index (χ0n) is 31.7. The molecule has 0 N–H and O–H groups in total. The van der Waals surface area contributed by atoms with Gasteiger partial charge in [-0.2, -0.15) is 0 Å². The molecule has 1 aliphatic rings. The first-order valence-electron chi connectivity index (χ1n) is 19.5. The van der Waals surface area contributed by atoms with Crippen LogP contribution in [-0.2, 0) is 5.41 Å². The largest absolute Gasteiger partial charge is 0.309 e. The van der Waals surface area contributed by atoms with Gasteiger partial charge >= 0.3 is 0 Å². The molecule has 0 aliphatic heterocycles. The lowest BCUT2D eigenvalue weighted by atomic mass is 9.81. The Morgan fingerprint density at radius 1 is 0.339 bits per heavy atom. The molecular formula is C55H41N. The maximum Gasteiger partial charge on any atom is 0.0546 e. The summed E-state index contributed by atoms with van der Waals surface area (Å²) in [5.74, 6) is 0. The minimum atomic E-state index is -0.120. The topological polar surface area (TPSA) is 3.24 Å². The molecule has 0 fully saturated rings. The summed E-state index contributed by atoms with van der Waals surface area (Å²) in [5.41, 5.74) is 18.3. The molecule has 9 aromatic carbocycles. The predicted molar refractivity (Wildman–Crippen MR) is 238 cm³/mol. The summed E-state index contributed by atoms with van der Waals surface area (Å²) in [6, 6.07) is 77.6. The van der Waals surface area contributed by atoms with Crippen LogP contribution >= 0.6 is 0 Å². The summed E-state index contributed by atoms with van der Waals surface area (Å²) in [5, 5.41) is 2.41. The second-order valence-corrected chi connectivity index (χ2v) is 15.3. The molecule has 0 unspecified atom stereocenters. The summed E-state index contributed by atoms with van der Waals surface area (Å²) < 4.78 is 0. The van der Waals surface area contributed by atoms with E-state index in [1.807, 2.05) is 0 Å². The predicted octanol–water partition coefficient (Wildman–Crippen LogP) is 15.3. The van der Waals surface area contributed by atoms with E-state index < -0.39 is 0 Å². The third-order valence-corrected chi connectivity index (χ3v) is 11.7. The van der Waals surface area contributed by atoms with E-state index in [0.29, 0.717) is 0 Å². The van der Waals surface area contributed by atoms with Gasteiger partial charge in [-0.3, -0.25) is 0 Å². The fourth-order valence-electron chi connectivity index (χ4n) is 8.95. The van der Waals surface area contributed by atoms with E-state index in [0.717, 1.165) is 17.1 Å². The zero-order chi connectivity index (χ0) is 37.6. The number of anilines is 3. The number of rotatable bonds is 7. The van der Waals surface area contributed by atoms with Crippen molar-refractivity contribution in [3.05, 3.63) is 223 Å². The summed E-state index contributed by atoms with van der Waals surface area (Å²) in [7, 11) is 0. The maximum absolute atomic E-state index is 2.48. The van der Waals surface area contributed by atoms with Crippen molar-refractivity contribution in [3.63, 3.8) is 0 Å². The molecule has 56 heavy (non-hydrogen) atoms. The van der Waals surface area contributed by atoms with Crippen molar-refractivity contribution in [1.82, 2.24) is 0 Å². The first kappa shape index (κ1) is 33.6. The van der Waals surface area contributed by atoms with E-state index in [1.165, 1.54) is 77.5 Å². The molecule has 9 aromatic rings. The Hall–Kier alpha value is -6.96. The number of fused-ring (bicyclic) bond motifs is 4. The lowest BCUT2D eigenvalue weighted by Crippen LogP contribution is -2.15. The average Bonchev–Trinajstić information content (AvgIpc) is 3.50. The van der Waals surface area contributed by atoms with Gasteiger partial charge in [0.05, 0.1) is 11.4 Å². The molecule has 0 atom stereocenters. The molecule has 1 heteroatoms. The lowest BCUT2D eigenvalue weighted by Gasteiger charge is -2.31. The van der Waals surface area contributed by atoms with Crippen LogP contribution in [0.4, 0.5) is 17.1 Å². The number of hydrogen-bond acceptors (Lipinski definition) is 1. The highest BCUT2D eigenvalue weighted by Crippen LogP contribution is 2.52. The first-order valence-corrected chi connectivity index (χ1v) is 19.5. The van der Waals surface area contributed by atoms with E-state index in [1.54, 1.807) is 0 Å². The van der Waals surface area contributed by atoms with Gasteiger partial charge in [-0.1, -0.05) is 196 Å². The van der Waals surface area contributed by atoms with Crippen LogP contribution < -0.4 is 4.90 Å². The van der Waals surface area contributed by atoms with Crippen LogP contribution in [0.2, 0.25) is 0 Å². The standard InChI is InChI=1S/C55H41N/c1-55(2)50-28-14-13-26-48(50)49-36-33-42(37-51(49)55)54-47(40-19-7-4-8-20-40)27-16-30-53(54)56(52-29-15-22-39-21-9-10-25-46(39)52)43-34-31-41(32-35-43)45-24-12-11-23-44(45)38-17-5-3-6-18-38/h3-37H,1-2H3. The van der Waals surface area contributed by atoms with Crippen molar-refractivity contribution in [3.8, 4) is 55.6 Å². The second-order valence-electron chi connectivity index (χ2n) is 15.3. The van der Waals surface area contributed by atoms with Crippen LogP contribution in [0.25, 0.3) is 66.4 Å². The van der Waals surface area contributed by atoms with Crippen LogP contribution in [0.5, 0.6) is 0 Å². The van der Waals surface area contributed by atoms with Gasteiger partial charge in [-0.15, -0.1) is 0 Å². The molecule has 1 aliphatic carbocycles. The molecule has 266 valence electrons. The van der Waals surface area contributed by atoms with Crippen LogP contribution in [0.15, 0.2) is 212 Å². The summed E-state index contributed by atoms with van der Waals surface area (Å²) in [4.78, 5) is 2.48. The highest BCUT2D eigenvalue weighted by molar-refractivity contribution is 6.04. The van der Waals surface area contributed by atoms with Crippen molar-refractivity contribution in [2.45, 2.75) is 19.3 Å². The quantitative estimate of drug-likeness (QED) is 0.159. The molecule has 1 nitrogen and oxygen atoms in total. The fourth-order valence-corrected chi connectivity index (χ4v) is 8.95. The van der Waals surface area contributed by atoms with E-state index in [4.69, 9.17) is 0 Å². The molecule has 0 radical (unpaired) electrons. The van der Waals surface area contributed by atoms with Crippen LogP contribution in [0.3, 0.4) is 0 Å². The Kier molecular flexibility index (Phi) is 8.23. The average molecular weight is 716 g/mol. The van der Waals surface area contributed by atoms with Crippen molar-refractivity contribution in [1.29, 1.82) is 0 Å². The normalized spacial score (nSPS) is 12.6. The number of nitrogens with zero attached hydrogens (tertiary/aromatic N) is 1. The minimum absolute atomic E-state index is 0.120. The highest BCUT2D eigenvalue weighted by Gasteiger charge is 2.35. The van der Waals surface area contributed by atoms with Gasteiger partial charge in [0.25, 0.3) is 0 Å². The highest BCUT2D eigenvalue weighted by atomic mass is 15.1. The zero-order valence-corrected chi connectivity index (χ0v) is 31.7. The molecule has 0 bridgehead atoms. The van der Waals surface area contributed by atoms with Gasteiger partial charge in [0.2, 0.25) is 0 Å². The molecule has 0 aromatic heterocycles. The number of benzene rings is 9. The lowest BCUT2D eigenvalue weighted by molar-refractivity contribution is 0.660. The summed E-state index contributed by atoms with van der Waals surface area (Å²) in [6.45, 7) is 4.73. The van der Waals surface area contributed by atoms with E-state index >= 15 is 0 Å². The van der Waals surface area contributed by atoms with Crippen molar-refractivity contribution in [2.75, 3.05) is 4.90 Å². The molecule has 10 rings (SSSR count). The summed E-state index contributed by atoms with van der Waals surface area (Å²) in [6.07, 6.45) is 0. The van der Waals surface area contributed by atoms with Crippen molar-refractivity contribution >= 4 is 27.8 Å². The molecule has 0 saturated carbocycles. The number of hydrogen-bond donors (Lipinski definition) is 0. The second kappa shape index (κ2) is 13.7. The van der Waals surface area contributed by atoms with Gasteiger partial charge < -0.3 is 4.90 Å². The van der Waals surface area contributed by atoms with Crippen LogP contribution in [-0.4, -0.2) is 0 Å². The molecule has 0 saturated heterocycles. The van der Waals surface area contributed by atoms with Gasteiger partial charge in [-0.05, 0) is 96.9 Å². The molecular weight excluding hydrogens is 675 g/mol. The van der Waals surface area contributed by atoms with Gasteiger partial charge in [0.1, 0.15) is 0 Å². The smallest absolute Gasteiger partial charge is 0.0546 e. The fraction of sp³-hybridized carbons (Fsp3) is 0.0545. The van der Waals surface area contributed by atoms with Gasteiger partial charge in [-0.25, -0.2) is 0 Å². The Morgan fingerprint density at radius 2 is 0.839 bits per heavy atom. The monoisotopic (exact) mass is 715 g/mol. The summed E-state index contributed by atoms with van der Waals surface area (Å²) >= 11 is 0. The maximum atomic E-state index is 2.48. The van der Waals surface area contributed by atoms with E-state index in [-0.39, 0.29) is 5.41 Å². The molecule has 0 amide bonds.